The first-order valence-electron chi connectivity index (χ1n) is 11.4. The van der Waals surface area contributed by atoms with E-state index in [-0.39, 0.29) is 24.1 Å². The summed E-state index contributed by atoms with van der Waals surface area (Å²) in [5.41, 5.74) is 2.91. The second-order valence-corrected chi connectivity index (χ2v) is 9.42. The molecule has 0 radical (unpaired) electrons. The van der Waals surface area contributed by atoms with E-state index in [0.29, 0.717) is 25.3 Å². The number of amides is 2. The molecule has 1 aromatic heterocycles. The van der Waals surface area contributed by atoms with Gasteiger partial charge in [0.2, 0.25) is 5.91 Å². The number of methoxy groups -OCH3 is 1. The summed E-state index contributed by atoms with van der Waals surface area (Å²) >= 11 is 0. The van der Waals surface area contributed by atoms with Crippen molar-refractivity contribution in [1.82, 2.24) is 15.4 Å². The number of benzene rings is 2. The molecule has 2 aromatic carbocycles. The zero-order valence-electron chi connectivity index (χ0n) is 20.6. The van der Waals surface area contributed by atoms with Crippen molar-refractivity contribution >= 4 is 11.8 Å². The summed E-state index contributed by atoms with van der Waals surface area (Å²) in [5, 5.41) is 6.77. The van der Waals surface area contributed by atoms with Gasteiger partial charge < -0.3 is 19.5 Å². The zero-order chi connectivity index (χ0) is 24.7. The molecule has 34 heavy (non-hydrogen) atoms. The molecule has 3 rings (SSSR count). The van der Waals surface area contributed by atoms with Gasteiger partial charge in [-0.25, -0.2) is 0 Å². The lowest BCUT2D eigenvalue weighted by atomic mass is 9.94. The molecular weight excluding hydrogens is 430 g/mol. The quantitative estimate of drug-likeness (QED) is 0.504. The predicted octanol–water partition coefficient (Wildman–Crippen LogP) is 4.54. The van der Waals surface area contributed by atoms with Crippen LogP contribution in [0.2, 0.25) is 0 Å². The van der Waals surface area contributed by atoms with Crippen molar-refractivity contribution in [2.45, 2.75) is 47.2 Å². The molecule has 2 amide bonds. The van der Waals surface area contributed by atoms with Gasteiger partial charge in [0.05, 0.1) is 13.7 Å². The third kappa shape index (κ3) is 6.94. The van der Waals surface area contributed by atoms with Crippen LogP contribution in [0.1, 0.15) is 53.7 Å². The maximum absolute atomic E-state index is 13.1. The first-order chi connectivity index (χ1) is 16.2. The van der Waals surface area contributed by atoms with Crippen LogP contribution in [0.4, 0.5) is 0 Å². The number of nitrogens with one attached hydrogen (secondary N) is 1. The minimum Gasteiger partial charge on any atom is -0.497 e. The van der Waals surface area contributed by atoms with Crippen LogP contribution in [0.25, 0.3) is 0 Å². The molecule has 180 valence electrons. The summed E-state index contributed by atoms with van der Waals surface area (Å²) < 4.78 is 10.6. The maximum Gasteiger partial charge on any atom is 0.273 e. The van der Waals surface area contributed by atoms with E-state index in [1.165, 1.54) is 0 Å². The minimum absolute atomic E-state index is 0.00258. The lowest BCUT2D eigenvalue weighted by Gasteiger charge is -2.28. The number of carbonyl (C=O) groups is 2. The molecule has 3 aromatic rings. The Morgan fingerprint density at radius 3 is 2.29 bits per heavy atom. The zero-order valence-corrected chi connectivity index (χ0v) is 20.6. The van der Waals surface area contributed by atoms with Crippen LogP contribution < -0.4 is 10.1 Å². The van der Waals surface area contributed by atoms with Crippen molar-refractivity contribution in [3.05, 3.63) is 82.7 Å². The highest BCUT2D eigenvalue weighted by atomic mass is 16.5. The summed E-state index contributed by atoms with van der Waals surface area (Å²) in [6.07, 6.45) is 0.684. The van der Waals surface area contributed by atoms with Crippen LogP contribution >= 0.6 is 0 Å². The SMILES string of the molecule is COc1ccc(CCN(Cc2cc(C(=O)NCc3ccc(C)cc3)no2)C(=O)C(C)(C)C)cc1. The van der Waals surface area contributed by atoms with E-state index in [1.54, 1.807) is 18.1 Å². The van der Waals surface area contributed by atoms with Crippen LogP contribution in [0.5, 0.6) is 5.75 Å². The molecule has 0 unspecified atom stereocenters. The number of ether oxygens (including phenoxy) is 1. The van der Waals surface area contributed by atoms with Gasteiger partial charge in [-0.15, -0.1) is 0 Å². The summed E-state index contributed by atoms with van der Waals surface area (Å²) in [4.78, 5) is 27.3. The number of nitrogens with zero attached hydrogens (tertiary/aromatic N) is 2. The van der Waals surface area contributed by atoms with E-state index in [9.17, 15) is 9.59 Å². The summed E-state index contributed by atoms with van der Waals surface area (Å²) in [5.74, 6) is 0.944. The van der Waals surface area contributed by atoms with E-state index in [1.807, 2.05) is 76.2 Å². The van der Waals surface area contributed by atoms with Gasteiger partial charge in [0.1, 0.15) is 5.75 Å². The highest BCUT2D eigenvalue weighted by Crippen LogP contribution is 2.21. The highest BCUT2D eigenvalue weighted by Gasteiger charge is 2.28. The van der Waals surface area contributed by atoms with Crippen molar-refractivity contribution in [3.63, 3.8) is 0 Å². The van der Waals surface area contributed by atoms with Gasteiger partial charge >= 0.3 is 0 Å². The van der Waals surface area contributed by atoms with Gasteiger partial charge in [0.15, 0.2) is 11.5 Å². The molecule has 0 spiro atoms. The number of aryl methyl sites for hydroxylation is 1. The average molecular weight is 464 g/mol. The Morgan fingerprint density at radius 1 is 1.03 bits per heavy atom. The molecule has 0 bridgehead atoms. The Hall–Kier alpha value is -3.61. The molecule has 1 N–H and O–H groups in total. The van der Waals surface area contributed by atoms with Gasteiger partial charge in [-0.1, -0.05) is 67.9 Å². The molecule has 0 fully saturated rings. The van der Waals surface area contributed by atoms with Crippen LogP contribution in [-0.2, 0) is 24.3 Å². The molecule has 0 aliphatic heterocycles. The first kappa shape index (κ1) is 25.0. The van der Waals surface area contributed by atoms with E-state index in [2.05, 4.69) is 10.5 Å². The fraction of sp³-hybridized carbons (Fsp3) is 0.370. The summed E-state index contributed by atoms with van der Waals surface area (Å²) in [7, 11) is 1.63. The number of aromatic nitrogens is 1. The molecule has 1 heterocycles. The summed E-state index contributed by atoms with van der Waals surface area (Å²) in [6.45, 7) is 8.84. The second-order valence-electron chi connectivity index (χ2n) is 9.42. The Kier molecular flexibility index (Phi) is 8.10. The molecule has 0 saturated carbocycles. The molecule has 0 aliphatic rings. The van der Waals surface area contributed by atoms with Gasteiger partial charge in [-0.2, -0.15) is 0 Å². The van der Waals surface area contributed by atoms with Crippen LogP contribution in [0.3, 0.4) is 0 Å². The Labute approximate surface area is 201 Å². The molecule has 0 saturated heterocycles. The smallest absolute Gasteiger partial charge is 0.273 e. The molecular formula is C27H33N3O4. The lowest BCUT2D eigenvalue weighted by Crippen LogP contribution is -2.40. The minimum atomic E-state index is -0.547. The van der Waals surface area contributed by atoms with E-state index in [4.69, 9.17) is 9.26 Å². The highest BCUT2D eigenvalue weighted by molar-refractivity contribution is 5.92. The summed E-state index contributed by atoms with van der Waals surface area (Å²) in [6, 6.07) is 17.3. The molecule has 7 heteroatoms. The van der Waals surface area contributed by atoms with Gasteiger partial charge in [0.25, 0.3) is 5.91 Å². The van der Waals surface area contributed by atoms with Crippen LogP contribution in [0, 0.1) is 12.3 Å². The van der Waals surface area contributed by atoms with Crippen LogP contribution in [-0.4, -0.2) is 35.5 Å². The van der Waals surface area contributed by atoms with Crippen molar-refractivity contribution in [2.24, 2.45) is 5.41 Å². The van der Waals surface area contributed by atoms with Gasteiger partial charge in [-0.05, 0) is 36.6 Å². The van der Waals surface area contributed by atoms with Crippen molar-refractivity contribution in [2.75, 3.05) is 13.7 Å². The van der Waals surface area contributed by atoms with Crippen molar-refractivity contribution in [1.29, 1.82) is 0 Å². The van der Waals surface area contributed by atoms with Gasteiger partial charge in [-0.3, -0.25) is 9.59 Å². The van der Waals surface area contributed by atoms with E-state index < -0.39 is 5.41 Å². The fourth-order valence-electron chi connectivity index (χ4n) is 3.44. The standard InChI is InChI=1S/C27H33N3O4/c1-19-6-8-21(9-7-19)17-28-25(31)24-16-23(34-29-24)18-30(26(32)27(2,3)4)15-14-20-10-12-22(33-5)13-11-20/h6-13,16H,14-15,17-18H2,1-5H3,(H,28,31). The number of hydrogen-bond donors (Lipinski definition) is 1. The molecule has 0 aliphatic carbocycles. The normalized spacial score (nSPS) is 11.2. The van der Waals surface area contributed by atoms with Gasteiger partial charge in [0, 0.05) is 24.6 Å². The fourth-order valence-corrected chi connectivity index (χ4v) is 3.44. The Balaban J connectivity index is 1.64. The van der Waals surface area contributed by atoms with Crippen molar-refractivity contribution in [3.8, 4) is 5.75 Å². The van der Waals surface area contributed by atoms with E-state index in [0.717, 1.165) is 22.4 Å². The van der Waals surface area contributed by atoms with Crippen LogP contribution in [0.15, 0.2) is 59.1 Å². The third-order valence-electron chi connectivity index (χ3n) is 5.47. The molecule has 0 atom stereocenters. The average Bonchev–Trinajstić information content (AvgIpc) is 3.29. The monoisotopic (exact) mass is 463 g/mol. The second kappa shape index (κ2) is 11.0. The lowest BCUT2D eigenvalue weighted by molar-refractivity contribution is -0.140. The number of carbonyl (C=O) groups excluding carboxylic acids is 2. The first-order valence-corrected chi connectivity index (χ1v) is 11.4. The topological polar surface area (TPSA) is 84.7 Å². The predicted molar refractivity (Wildman–Crippen MR) is 130 cm³/mol. The Morgan fingerprint density at radius 2 is 1.68 bits per heavy atom. The third-order valence-corrected chi connectivity index (χ3v) is 5.47. The van der Waals surface area contributed by atoms with Crippen molar-refractivity contribution < 1.29 is 18.8 Å². The number of rotatable bonds is 9. The number of hydrogen-bond acceptors (Lipinski definition) is 5. The van der Waals surface area contributed by atoms with E-state index >= 15 is 0 Å². The molecule has 7 nitrogen and oxygen atoms in total. The Bertz CT molecular complexity index is 1100. The largest absolute Gasteiger partial charge is 0.497 e. The maximum atomic E-state index is 13.1.